The number of benzene rings is 2. The van der Waals surface area contributed by atoms with E-state index in [0.29, 0.717) is 24.0 Å². The molecule has 2 aromatic carbocycles. The summed E-state index contributed by atoms with van der Waals surface area (Å²) >= 11 is 0. The van der Waals surface area contributed by atoms with Crippen LogP contribution in [0.1, 0.15) is 57.7 Å². The summed E-state index contributed by atoms with van der Waals surface area (Å²) in [5.74, 6) is 0.229. The number of piperazine rings is 1. The summed E-state index contributed by atoms with van der Waals surface area (Å²) in [6.07, 6.45) is 3.51. The van der Waals surface area contributed by atoms with Gasteiger partial charge in [0.1, 0.15) is 5.75 Å². The van der Waals surface area contributed by atoms with Crippen LogP contribution < -0.4 is 0 Å². The molecule has 0 radical (unpaired) electrons. The summed E-state index contributed by atoms with van der Waals surface area (Å²) in [4.78, 5) is 5.22. The van der Waals surface area contributed by atoms with Crippen LogP contribution in [0.3, 0.4) is 0 Å². The van der Waals surface area contributed by atoms with Crippen LogP contribution in [0.15, 0.2) is 66.1 Å². The Hall–Kier alpha value is -2.19. The Morgan fingerprint density at radius 3 is 2.26 bits per heavy atom. The van der Waals surface area contributed by atoms with E-state index in [1.807, 2.05) is 50.3 Å². The Kier molecular flexibility index (Phi) is 9.53. The Morgan fingerprint density at radius 2 is 1.69 bits per heavy atom. The molecule has 7 heteroatoms. The van der Waals surface area contributed by atoms with Crippen LogP contribution in [0.5, 0.6) is 5.75 Å². The summed E-state index contributed by atoms with van der Waals surface area (Å²) in [7, 11) is -3.53. The fourth-order valence-corrected chi connectivity index (χ4v) is 6.72. The van der Waals surface area contributed by atoms with Crippen molar-refractivity contribution in [2.75, 3.05) is 32.7 Å². The van der Waals surface area contributed by atoms with Gasteiger partial charge in [0.15, 0.2) is 0 Å². The average Bonchev–Trinajstić information content (AvgIpc) is 2.82. The van der Waals surface area contributed by atoms with Gasteiger partial charge in [-0.1, -0.05) is 44.2 Å². The zero-order valence-electron chi connectivity index (χ0n) is 21.6. The highest BCUT2D eigenvalue weighted by molar-refractivity contribution is 7.89. The van der Waals surface area contributed by atoms with Crippen molar-refractivity contribution in [3.63, 3.8) is 0 Å². The van der Waals surface area contributed by atoms with Crippen molar-refractivity contribution in [2.45, 2.75) is 63.6 Å². The van der Waals surface area contributed by atoms with Gasteiger partial charge >= 0.3 is 0 Å². The topological polar surface area (TPSA) is 64.1 Å². The van der Waals surface area contributed by atoms with Crippen LogP contribution in [-0.2, 0) is 10.0 Å². The monoisotopic (exact) mass is 499 g/mol. The van der Waals surface area contributed by atoms with Gasteiger partial charge < -0.3 is 5.11 Å². The van der Waals surface area contributed by atoms with Crippen LogP contribution in [0.25, 0.3) is 0 Å². The number of hydrogen-bond donors (Lipinski definition) is 1. The van der Waals surface area contributed by atoms with Gasteiger partial charge in [-0.2, -0.15) is 4.31 Å². The van der Waals surface area contributed by atoms with E-state index in [2.05, 4.69) is 30.2 Å². The lowest BCUT2D eigenvalue weighted by Gasteiger charge is -2.47. The Balaban J connectivity index is 1.98. The summed E-state index contributed by atoms with van der Waals surface area (Å²) in [5, 5.41) is 10.2. The first-order valence-corrected chi connectivity index (χ1v) is 14.2. The first kappa shape index (κ1) is 27.4. The van der Waals surface area contributed by atoms with E-state index in [4.69, 9.17) is 0 Å². The van der Waals surface area contributed by atoms with Gasteiger partial charge in [0.2, 0.25) is 10.0 Å². The lowest BCUT2D eigenvalue weighted by Crippen LogP contribution is -2.57. The first-order chi connectivity index (χ1) is 16.7. The predicted octanol–water partition coefficient (Wildman–Crippen LogP) is 4.87. The number of phenolic OH excluding ortho intramolecular Hbond substituents is 1. The SMILES string of the molecule is C=CCN1C[C@H](C)N([C@H](c2ccc(S(=O)(=O)N(CCC)CCC)cc2)c2cccc(O)c2)C[C@H]1C. The van der Waals surface area contributed by atoms with Gasteiger partial charge in [-0.15, -0.1) is 6.58 Å². The molecule has 2 aromatic rings. The van der Waals surface area contributed by atoms with E-state index in [9.17, 15) is 13.5 Å². The fourth-order valence-electron chi connectivity index (χ4n) is 5.10. The van der Waals surface area contributed by atoms with Crippen molar-refractivity contribution in [1.29, 1.82) is 0 Å². The summed E-state index contributed by atoms with van der Waals surface area (Å²) in [6, 6.07) is 15.3. The Morgan fingerprint density at radius 1 is 1.03 bits per heavy atom. The Labute approximate surface area is 211 Å². The molecule has 3 atom stereocenters. The molecule has 35 heavy (non-hydrogen) atoms. The van der Waals surface area contributed by atoms with Crippen molar-refractivity contribution in [3.05, 3.63) is 72.3 Å². The molecule has 1 N–H and O–H groups in total. The van der Waals surface area contributed by atoms with Crippen LogP contribution in [0, 0.1) is 0 Å². The highest BCUT2D eigenvalue weighted by atomic mass is 32.2. The Bertz CT molecular complexity index is 1070. The van der Waals surface area contributed by atoms with Crippen LogP contribution in [0.2, 0.25) is 0 Å². The minimum absolute atomic E-state index is 0.0930. The van der Waals surface area contributed by atoms with Crippen molar-refractivity contribution < 1.29 is 13.5 Å². The summed E-state index contributed by atoms with van der Waals surface area (Å²) in [5.41, 5.74) is 2.01. The molecule has 1 aliphatic rings. The molecule has 1 heterocycles. The molecule has 3 rings (SSSR count). The molecular weight excluding hydrogens is 458 g/mol. The molecule has 192 valence electrons. The van der Waals surface area contributed by atoms with Gasteiger partial charge in [-0.3, -0.25) is 9.80 Å². The second-order valence-electron chi connectivity index (χ2n) is 9.61. The molecule has 1 saturated heterocycles. The van der Waals surface area contributed by atoms with E-state index in [0.717, 1.165) is 43.6 Å². The van der Waals surface area contributed by atoms with Gasteiger partial charge in [0.05, 0.1) is 10.9 Å². The summed E-state index contributed by atoms with van der Waals surface area (Å²) < 4.78 is 28.1. The number of phenols is 1. The molecule has 0 saturated carbocycles. The predicted molar refractivity (Wildman–Crippen MR) is 143 cm³/mol. The van der Waals surface area contributed by atoms with Crippen molar-refractivity contribution in [2.24, 2.45) is 0 Å². The quantitative estimate of drug-likeness (QED) is 0.447. The lowest BCUT2D eigenvalue weighted by atomic mass is 9.93. The first-order valence-electron chi connectivity index (χ1n) is 12.7. The smallest absolute Gasteiger partial charge is 0.243 e. The van der Waals surface area contributed by atoms with E-state index in [-0.39, 0.29) is 17.8 Å². The number of nitrogens with zero attached hydrogens (tertiary/aromatic N) is 3. The second-order valence-corrected chi connectivity index (χ2v) is 11.5. The van der Waals surface area contributed by atoms with Gasteiger partial charge in [-0.05, 0) is 62.1 Å². The summed E-state index contributed by atoms with van der Waals surface area (Å²) in [6.45, 7) is 16.0. The molecule has 0 aliphatic carbocycles. The fraction of sp³-hybridized carbons (Fsp3) is 0.500. The van der Waals surface area contributed by atoms with Crippen molar-refractivity contribution in [1.82, 2.24) is 14.1 Å². The van der Waals surface area contributed by atoms with Crippen molar-refractivity contribution >= 4 is 10.0 Å². The molecule has 0 aromatic heterocycles. The normalized spacial score (nSPS) is 20.7. The van der Waals surface area contributed by atoms with Gasteiger partial charge in [0, 0.05) is 44.8 Å². The molecule has 0 amide bonds. The zero-order chi connectivity index (χ0) is 25.6. The van der Waals surface area contributed by atoms with Gasteiger partial charge in [-0.25, -0.2) is 8.42 Å². The average molecular weight is 500 g/mol. The number of rotatable bonds is 11. The number of aromatic hydroxyl groups is 1. The van der Waals surface area contributed by atoms with E-state index in [1.54, 1.807) is 22.5 Å². The standard InChI is InChI=1S/C28H41N3O3S/c1-6-16-29-20-23(5)31(21-22(29)4)28(25-10-9-11-26(32)19-25)24-12-14-27(15-13-24)35(33,34)30(17-7-2)18-8-3/h6,9-15,19,22-23,28,32H,1,7-8,16-18,20-21H2,2-5H3/t22-,23+,28-/m1/s1. The molecule has 0 bridgehead atoms. The zero-order valence-corrected chi connectivity index (χ0v) is 22.4. The maximum atomic E-state index is 13.3. The van der Waals surface area contributed by atoms with Crippen LogP contribution >= 0.6 is 0 Å². The molecule has 6 nitrogen and oxygen atoms in total. The third-order valence-corrected chi connectivity index (χ3v) is 8.74. The molecule has 1 fully saturated rings. The van der Waals surface area contributed by atoms with Crippen LogP contribution in [0.4, 0.5) is 0 Å². The van der Waals surface area contributed by atoms with Crippen LogP contribution in [-0.4, -0.2) is 72.4 Å². The molecular formula is C28H41N3O3S. The van der Waals surface area contributed by atoms with Gasteiger partial charge in [0.25, 0.3) is 0 Å². The minimum atomic E-state index is -3.53. The molecule has 1 aliphatic heterocycles. The van der Waals surface area contributed by atoms with E-state index >= 15 is 0 Å². The molecule has 0 unspecified atom stereocenters. The number of hydrogen-bond acceptors (Lipinski definition) is 5. The third kappa shape index (κ3) is 6.33. The largest absolute Gasteiger partial charge is 0.508 e. The molecule has 0 spiro atoms. The third-order valence-electron chi connectivity index (χ3n) is 6.82. The highest BCUT2D eigenvalue weighted by Crippen LogP contribution is 2.35. The maximum Gasteiger partial charge on any atom is 0.243 e. The number of sulfonamides is 1. The minimum Gasteiger partial charge on any atom is -0.508 e. The second kappa shape index (κ2) is 12.2. The maximum absolute atomic E-state index is 13.3. The van der Waals surface area contributed by atoms with Crippen molar-refractivity contribution in [3.8, 4) is 5.75 Å². The van der Waals surface area contributed by atoms with E-state index in [1.165, 1.54) is 0 Å². The van der Waals surface area contributed by atoms with E-state index < -0.39 is 10.0 Å². The highest BCUT2D eigenvalue weighted by Gasteiger charge is 2.34. The lowest BCUT2D eigenvalue weighted by molar-refractivity contribution is 0.0306.